The van der Waals surface area contributed by atoms with Crippen molar-refractivity contribution < 1.29 is 9.32 Å². The minimum atomic E-state index is -0.0423. The van der Waals surface area contributed by atoms with Crippen LogP contribution in [0.15, 0.2) is 40.4 Å². The van der Waals surface area contributed by atoms with Crippen LogP contribution in [0.2, 0.25) is 0 Å². The summed E-state index contributed by atoms with van der Waals surface area (Å²) in [5, 5.41) is 7.10. The zero-order valence-corrected chi connectivity index (χ0v) is 17.6. The predicted molar refractivity (Wildman–Crippen MR) is 111 cm³/mol. The standard InChI is InChI=1S/C23H31N3O2/c1-6-7-8-20-25-22(28-26-20)17-11-9-16(10-12-17)21(27)24-14-19-18(13-15(2)3)23(19,4)5/h9-13,18-19H,6-8,14H2,1-5H3,(H,24,27)/t18-,19+/m0/s1. The fourth-order valence-corrected chi connectivity index (χ4v) is 3.74. The molecular weight excluding hydrogens is 350 g/mol. The predicted octanol–water partition coefficient (Wildman–Crippen LogP) is 5.05. The van der Waals surface area contributed by atoms with Gasteiger partial charge in [0.15, 0.2) is 5.82 Å². The molecule has 2 atom stereocenters. The summed E-state index contributed by atoms with van der Waals surface area (Å²) in [6.07, 6.45) is 5.29. The maximum atomic E-state index is 12.5. The molecule has 0 spiro atoms. The molecule has 1 saturated carbocycles. The van der Waals surface area contributed by atoms with Crippen LogP contribution in [0.25, 0.3) is 11.5 Å². The van der Waals surface area contributed by atoms with Gasteiger partial charge in [-0.3, -0.25) is 4.79 Å². The molecule has 1 heterocycles. The van der Waals surface area contributed by atoms with Crippen molar-refractivity contribution in [3.8, 4) is 11.5 Å². The second-order valence-electron chi connectivity index (χ2n) is 8.60. The van der Waals surface area contributed by atoms with E-state index in [9.17, 15) is 4.79 Å². The number of aromatic nitrogens is 2. The molecule has 2 aromatic rings. The Hall–Kier alpha value is -2.43. The molecular formula is C23H31N3O2. The lowest BCUT2D eigenvalue weighted by molar-refractivity contribution is 0.0950. The number of amides is 1. The topological polar surface area (TPSA) is 68.0 Å². The molecule has 3 rings (SSSR count). The van der Waals surface area contributed by atoms with E-state index >= 15 is 0 Å². The highest BCUT2D eigenvalue weighted by Crippen LogP contribution is 2.58. The fraction of sp³-hybridized carbons (Fsp3) is 0.522. The van der Waals surface area contributed by atoms with Crippen LogP contribution in [0.3, 0.4) is 0 Å². The molecule has 5 nitrogen and oxygen atoms in total. The van der Waals surface area contributed by atoms with Gasteiger partial charge in [0, 0.05) is 24.1 Å². The van der Waals surface area contributed by atoms with Crippen LogP contribution in [0.5, 0.6) is 0 Å². The van der Waals surface area contributed by atoms with Gasteiger partial charge in [-0.05, 0) is 61.8 Å². The number of carbonyl (C=O) groups is 1. The number of aryl methyl sites for hydroxylation is 1. The zero-order valence-electron chi connectivity index (χ0n) is 17.6. The van der Waals surface area contributed by atoms with Gasteiger partial charge in [-0.15, -0.1) is 0 Å². The van der Waals surface area contributed by atoms with Crippen molar-refractivity contribution in [2.45, 2.75) is 53.9 Å². The average Bonchev–Trinajstić information content (AvgIpc) is 3.00. The molecule has 0 bridgehead atoms. The second-order valence-corrected chi connectivity index (χ2v) is 8.60. The molecule has 0 unspecified atom stereocenters. The van der Waals surface area contributed by atoms with E-state index in [4.69, 9.17) is 4.52 Å². The first-order valence-corrected chi connectivity index (χ1v) is 10.2. The SMILES string of the molecule is CCCCc1noc(-c2ccc(C(=O)NC[C@@H]3[C@H](C=C(C)C)C3(C)C)cc2)n1. The number of nitrogens with zero attached hydrogens (tertiary/aromatic N) is 2. The molecule has 150 valence electrons. The van der Waals surface area contributed by atoms with Crippen LogP contribution < -0.4 is 5.32 Å². The van der Waals surface area contributed by atoms with Gasteiger partial charge >= 0.3 is 0 Å². The molecule has 1 N–H and O–H groups in total. The summed E-state index contributed by atoms with van der Waals surface area (Å²) in [7, 11) is 0. The summed E-state index contributed by atoms with van der Waals surface area (Å²) in [4.78, 5) is 16.9. The molecule has 0 aliphatic heterocycles. The largest absolute Gasteiger partial charge is 0.352 e. The Bertz CT molecular complexity index is 845. The first-order chi connectivity index (χ1) is 13.3. The van der Waals surface area contributed by atoms with E-state index in [2.05, 4.69) is 56.2 Å². The number of rotatable bonds is 8. The number of hydrogen-bond acceptors (Lipinski definition) is 4. The quantitative estimate of drug-likeness (QED) is 0.650. The van der Waals surface area contributed by atoms with E-state index in [-0.39, 0.29) is 11.3 Å². The Morgan fingerprint density at radius 2 is 1.96 bits per heavy atom. The van der Waals surface area contributed by atoms with Gasteiger partial charge in [0.1, 0.15) is 0 Å². The zero-order chi connectivity index (χ0) is 20.3. The number of benzene rings is 1. The van der Waals surface area contributed by atoms with E-state index in [0.717, 1.165) is 30.7 Å². The Morgan fingerprint density at radius 1 is 1.25 bits per heavy atom. The van der Waals surface area contributed by atoms with Crippen molar-refractivity contribution in [1.82, 2.24) is 15.5 Å². The van der Waals surface area contributed by atoms with E-state index in [1.165, 1.54) is 5.57 Å². The van der Waals surface area contributed by atoms with Crippen molar-refractivity contribution >= 4 is 5.91 Å². The van der Waals surface area contributed by atoms with Crippen molar-refractivity contribution in [3.63, 3.8) is 0 Å². The molecule has 1 amide bonds. The van der Waals surface area contributed by atoms with Crippen LogP contribution in [0.1, 0.15) is 63.6 Å². The van der Waals surface area contributed by atoms with Crippen molar-refractivity contribution in [2.24, 2.45) is 17.3 Å². The van der Waals surface area contributed by atoms with Crippen molar-refractivity contribution in [1.29, 1.82) is 0 Å². The lowest BCUT2D eigenvalue weighted by atomic mass is 10.1. The van der Waals surface area contributed by atoms with Crippen molar-refractivity contribution in [2.75, 3.05) is 6.54 Å². The molecule has 1 fully saturated rings. The normalized spacial score (nSPS) is 19.9. The summed E-state index contributed by atoms with van der Waals surface area (Å²) < 4.78 is 5.33. The number of carbonyl (C=O) groups excluding carboxylic acids is 1. The van der Waals surface area contributed by atoms with Gasteiger partial charge < -0.3 is 9.84 Å². The Kier molecular flexibility index (Phi) is 6.01. The van der Waals surface area contributed by atoms with Crippen molar-refractivity contribution in [3.05, 3.63) is 47.3 Å². The summed E-state index contributed by atoms with van der Waals surface area (Å²) in [6.45, 7) is 11.6. The minimum Gasteiger partial charge on any atom is -0.352 e. The van der Waals surface area contributed by atoms with E-state index in [0.29, 0.717) is 29.8 Å². The minimum absolute atomic E-state index is 0.0423. The number of hydrogen-bond donors (Lipinski definition) is 1. The molecule has 5 heteroatoms. The lowest BCUT2D eigenvalue weighted by Crippen LogP contribution is -2.26. The number of unbranched alkanes of at least 4 members (excludes halogenated alkanes) is 1. The highest BCUT2D eigenvalue weighted by molar-refractivity contribution is 5.94. The average molecular weight is 382 g/mol. The number of nitrogens with one attached hydrogen (secondary N) is 1. The van der Waals surface area contributed by atoms with E-state index < -0.39 is 0 Å². The van der Waals surface area contributed by atoms with Crippen LogP contribution in [-0.4, -0.2) is 22.6 Å². The highest BCUT2D eigenvalue weighted by atomic mass is 16.5. The van der Waals surface area contributed by atoms with Gasteiger partial charge in [-0.25, -0.2) is 0 Å². The molecule has 1 aromatic heterocycles. The first-order valence-electron chi connectivity index (χ1n) is 10.2. The second kappa shape index (κ2) is 8.29. The van der Waals surface area contributed by atoms with Crippen LogP contribution in [0.4, 0.5) is 0 Å². The molecule has 0 saturated heterocycles. The Balaban J connectivity index is 1.57. The van der Waals surface area contributed by atoms with E-state index in [1.807, 2.05) is 24.3 Å². The fourth-order valence-electron chi connectivity index (χ4n) is 3.74. The maximum Gasteiger partial charge on any atom is 0.257 e. The highest BCUT2D eigenvalue weighted by Gasteiger charge is 2.55. The summed E-state index contributed by atoms with van der Waals surface area (Å²) in [6, 6.07) is 7.34. The van der Waals surface area contributed by atoms with Gasteiger partial charge in [0.05, 0.1) is 0 Å². The van der Waals surface area contributed by atoms with Gasteiger partial charge in [0.2, 0.25) is 0 Å². The first kappa shape index (κ1) is 20.3. The Morgan fingerprint density at radius 3 is 2.61 bits per heavy atom. The van der Waals surface area contributed by atoms with Crippen LogP contribution in [0, 0.1) is 17.3 Å². The Labute approximate surface area is 167 Å². The lowest BCUT2D eigenvalue weighted by Gasteiger charge is -2.06. The molecule has 1 aliphatic carbocycles. The number of allylic oxidation sites excluding steroid dienone is 2. The monoisotopic (exact) mass is 381 g/mol. The van der Waals surface area contributed by atoms with Gasteiger partial charge in [-0.1, -0.05) is 44.0 Å². The maximum absolute atomic E-state index is 12.5. The van der Waals surface area contributed by atoms with Crippen LogP contribution in [-0.2, 0) is 6.42 Å². The smallest absolute Gasteiger partial charge is 0.257 e. The van der Waals surface area contributed by atoms with Gasteiger partial charge in [-0.2, -0.15) is 4.98 Å². The summed E-state index contributed by atoms with van der Waals surface area (Å²) in [5.41, 5.74) is 3.06. The third kappa shape index (κ3) is 4.51. The van der Waals surface area contributed by atoms with Crippen LogP contribution >= 0.6 is 0 Å². The van der Waals surface area contributed by atoms with E-state index in [1.54, 1.807) is 0 Å². The molecule has 1 aromatic carbocycles. The third-order valence-electron chi connectivity index (χ3n) is 5.75. The summed E-state index contributed by atoms with van der Waals surface area (Å²) in [5.74, 6) is 2.23. The third-order valence-corrected chi connectivity index (χ3v) is 5.75. The summed E-state index contributed by atoms with van der Waals surface area (Å²) >= 11 is 0. The molecule has 28 heavy (non-hydrogen) atoms. The van der Waals surface area contributed by atoms with Gasteiger partial charge in [0.25, 0.3) is 11.8 Å². The molecule has 1 aliphatic rings. The molecule has 0 radical (unpaired) electrons.